The van der Waals surface area contributed by atoms with E-state index in [9.17, 15) is 4.79 Å². The lowest BCUT2D eigenvalue weighted by Crippen LogP contribution is -2.46. The van der Waals surface area contributed by atoms with Crippen molar-refractivity contribution in [3.8, 4) is 17.1 Å². The van der Waals surface area contributed by atoms with Crippen LogP contribution in [0.1, 0.15) is 37.8 Å². The topological polar surface area (TPSA) is 89.7 Å². The van der Waals surface area contributed by atoms with Gasteiger partial charge < -0.3 is 19.3 Å². The van der Waals surface area contributed by atoms with E-state index in [0.29, 0.717) is 37.2 Å². The molecule has 1 aliphatic heterocycles. The van der Waals surface area contributed by atoms with Crippen LogP contribution in [-0.4, -0.2) is 54.2 Å². The molecule has 35 heavy (non-hydrogen) atoms. The number of aromatic nitrogens is 2. The van der Waals surface area contributed by atoms with Crippen molar-refractivity contribution in [2.45, 2.75) is 31.2 Å². The summed E-state index contributed by atoms with van der Waals surface area (Å²) >= 11 is 1.67. The first-order valence-electron chi connectivity index (χ1n) is 11.5. The number of nitrogens with one attached hydrogen (secondary N) is 1. The zero-order chi connectivity index (χ0) is 24.8. The summed E-state index contributed by atoms with van der Waals surface area (Å²) in [6.07, 6.45) is 2.75. The Bertz CT molecular complexity index is 1190. The number of hydrogen-bond donors (Lipinski definition) is 1. The maximum absolute atomic E-state index is 13.1. The van der Waals surface area contributed by atoms with Crippen LogP contribution in [0.15, 0.2) is 63.6 Å². The third-order valence-electron chi connectivity index (χ3n) is 5.90. The second-order valence-corrected chi connectivity index (χ2v) is 8.89. The normalized spacial score (nSPS) is 15.9. The van der Waals surface area contributed by atoms with E-state index in [-0.39, 0.29) is 6.03 Å². The monoisotopic (exact) mass is 494 g/mol. The molecule has 1 aromatic heterocycles. The highest BCUT2D eigenvalue weighted by Crippen LogP contribution is 2.38. The molecule has 1 aliphatic rings. The van der Waals surface area contributed by atoms with Crippen LogP contribution in [0.3, 0.4) is 0 Å². The second kappa shape index (κ2) is 11.4. The van der Waals surface area contributed by atoms with Crippen LogP contribution >= 0.6 is 11.8 Å². The van der Waals surface area contributed by atoms with E-state index >= 15 is 0 Å². The Labute approximate surface area is 209 Å². The largest absolute Gasteiger partial charge is 0.497 e. The van der Waals surface area contributed by atoms with Crippen LogP contribution in [0.25, 0.3) is 17.0 Å². The highest BCUT2D eigenvalue weighted by Gasteiger charge is 2.35. The molecule has 1 atom stereocenters. The minimum absolute atomic E-state index is 0.158. The third-order valence-corrected chi connectivity index (χ3v) is 6.65. The quantitative estimate of drug-likeness (QED) is 0.298. The summed E-state index contributed by atoms with van der Waals surface area (Å²) in [6.45, 7) is 5.64. The lowest BCUT2D eigenvalue weighted by atomic mass is 9.94. The van der Waals surface area contributed by atoms with Crippen molar-refractivity contribution in [3.63, 3.8) is 0 Å². The van der Waals surface area contributed by atoms with Crippen LogP contribution in [0, 0.1) is 0 Å². The number of allylic oxidation sites excluding steroid dienone is 1. The van der Waals surface area contributed by atoms with Crippen molar-refractivity contribution in [2.24, 2.45) is 0 Å². The van der Waals surface area contributed by atoms with Crippen LogP contribution in [0.5, 0.6) is 5.75 Å². The molecular weight excluding hydrogens is 464 g/mol. The Morgan fingerprint density at radius 2 is 2.00 bits per heavy atom. The molecule has 0 bridgehead atoms. The lowest BCUT2D eigenvalue weighted by molar-refractivity contribution is 0.136. The van der Waals surface area contributed by atoms with Crippen LogP contribution < -0.4 is 10.1 Å². The fourth-order valence-corrected chi connectivity index (χ4v) is 4.46. The molecule has 0 spiro atoms. The van der Waals surface area contributed by atoms with Gasteiger partial charge in [-0.3, -0.25) is 4.90 Å². The zero-order valence-corrected chi connectivity index (χ0v) is 21.2. The van der Waals surface area contributed by atoms with E-state index in [4.69, 9.17) is 19.0 Å². The summed E-state index contributed by atoms with van der Waals surface area (Å²) in [5.41, 5.74) is 3.29. The first kappa shape index (κ1) is 24.8. The Kier molecular flexibility index (Phi) is 8.09. The smallest absolute Gasteiger partial charge is 0.322 e. The number of urea groups is 1. The molecule has 9 heteroatoms. The third kappa shape index (κ3) is 5.52. The molecule has 0 aliphatic carbocycles. The summed E-state index contributed by atoms with van der Waals surface area (Å²) in [5, 5.41) is 7.37. The predicted molar refractivity (Wildman–Crippen MR) is 136 cm³/mol. The average Bonchev–Trinajstić information content (AvgIpc) is 3.37. The predicted octanol–water partition coefficient (Wildman–Crippen LogP) is 5.39. The second-order valence-electron chi connectivity index (χ2n) is 8.01. The van der Waals surface area contributed by atoms with Gasteiger partial charge in [-0.25, -0.2) is 4.79 Å². The molecule has 0 saturated carbocycles. The van der Waals surface area contributed by atoms with Gasteiger partial charge in [0.2, 0.25) is 5.82 Å². The van der Waals surface area contributed by atoms with E-state index in [1.54, 1.807) is 23.8 Å². The number of benzene rings is 2. The number of thioether (sulfide) groups is 1. The Morgan fingerprint density at radius 1 is 1.20 bits per heavy atom. The van der Waals surface area contributed by atoms with Crippen molar-refractivity contribution in [3.05, 3.63) is 65.7 Å². The molecule has 3 aromatic rings. The van der Waals surface area contributed by atoms with Gasteiger partial charge in [-0.05, 0) is 56.4 Å². The minimum atomic E-state index is -0.417. The fraction of sp³-hybridized carbons (Fsp3) is 0.346. The molecule has 8 nitrogen and oxygen atoms in total. The Hall–Kier alpha value is -3.30. The van der Waals surface area contributed by atoms with Crippen LogP contribution in [0.4, 0.5) is 4.79 Å². The summed E-state index contributed by atoms with van der Waals surface area (Å²) < 4.78 is 16.6. The highest BCUT2D eigenvalue weighted by molar-refractivity contribution is 7.98. The molecule has 2 amide bonds. The van der Waals surface area contributed by atoms with Gasteiger partial charge in [-0.15, -0.1) is 11.8 Å². The molecule has 0 saturated heterocycles. The van der Waals surface area contributed by atoms with Gasteiger partial charge in [0.25, 0.3) is 5.89 Å². The minimum Gasteiger partial charge on any atom is -0.497 e. The van der Waals surface area contributed by atoms with Crippen LogP contribution in [0.2, 0.25) is 0 Å². The number of hydrogen-bond acceptors (Lipinski definition) is 7. The van der Waals surface area contributed by atoms with Crippen molar-refractivity contribution < 1.29 is 18.8 Å². The summed E-state index contributed by atoms with van der Waals surface area (Å²) in [4.78, 5) is 20.7. The van der Waals surface area contributed by atoms with Gasteiger partial charge in [-0.1, -0.05) is 29.4 Å². The standard InChI is InChI=1S/C26H30N4O4S/c1-5-33-15-7-14-30-17(2)22(23(27-26(30)31)18-10-12-21(35-4)13-11-18)25-28-24(29-34-25)19-8-6-9-20(16-19)32-3/h6,8-13,16,23H,5,7,14-15H2,1-4H3,(H,27,31). The van der Waals surface area contributed by atoms with Gasteiger partial charge in [0.05, 0.1) is 18.7 Å². The maximum atomic E-state index is 13.1. The van der Waals surface area contributed by atoms with Gasteiger partial charge in [0.1, 0.15) is 5.75 Å². The van der Waals surface area contributed by atoms with Gasteiger partial charge in [-0.2, -0.15) is 4.98 Å². The van der Waals surface area contributed by atoms with E-state index in [1.165, 1.54) is 0 Å². The summed E-state index contributed by atoms with van der Waals surface area (Å²) in [7, 11) is 1.62. The van der Waals surface area contributed by atoms with E-state index in [0.717, 1.165) is 33.7 Å². The first-order chi connectivity index (χ1) is 17.0. The van der Waals surface area contributed by atoms with Gasteiger partial charge >= 0.3 is 6.03 Å². The number of nitrogens with zero attached hydrogens (tertiary/aromatic N) is 3. The molecule has 2 aromatic carbocycles. The average molecular weight is 495 g/mol. The molecule has 0 radical (unpaired) electrons. The number of methoxy groups -OCH3 is 1. The molecule has 2 heterocycles. The molecular formula is C26H30N4O4S. The van der Waals surface area contributed by atoms with E-state index in [1.807, 2.05) is 68.6 Å². The van der Waals surface area contributed by atoms with Gasteiger partial charge in [0.15, 0.2) is 0 Å². The summed E-state index contributed by atoms with van der Waals surface area (Å²) in [5.74, 6) is 1.53. The summed E-state index contributed by atoms with van der Waals surface area (Å²) in [6, 6.07) is 15.1. The van der Waals surface area contributed by atoms with Crippen LogP contribution in [-0.2, 0) is 4.74 Å². The SMILES string of the molecule is CCOCCCN1C(=O)NC(c2ccc(SC)cc2)C(c2nc(-c3cccc(OC)c3)no2)=C1C. The maximum Gasteiger partial charge on any atom is 0.322 e. The Morgan fingerprint density at radius 3 is 2.71 bits per heavy atom. The number of ether oxygens (including phenoxy) is 2. The molecule has 1 N–H and O–H groups in total. The van der Waals surface area contributed by atoms with Crippen molar-refractivity contribution in [2.75, 3.05) is 33.1 Å². The first-order valence-corrected chi connectivity index (χ1v) is 12.8. The van der Waals surface area contributed by atoms with E-state index < -0.39 is 6.04 Å². The zero-order valence-electron chi connectivity index (χ0n) is 20.4. The van der Waals surface area contributed by atoms with Crippen molar-refractivity contribution in [1.29, 1.82) is 0 Å². The van der Waals surface area contributed by atoms with Crippen molar-refractivity contribution in [1.82, 2.24) is 20.4 Å². The van der Waals surface area contributed by atoms with Crippen molar-refractivity contribution >= 4 is 23.4 Å². The fourth-order valence-electron chi connectivity index (χ4n) is 4.06. The highest BCUT2D eigenvalue weighted by atomic mass is 32.2. The molecule has 1 unspecified atom stereocenters. The molecule has 4 rings (SSSR count). The van der Waals surface area contributed by atoms with E-state index in [2.05, 4.69) is 10.5 Å². The van der Waals surface area contributed by atoms with Gasteiger partial charge in [0, 0.05) is 35.9 Å². The number of rotatable bonds is 10. The molecule has 0 fully saturated rings. The lowest BCUT2D eigenvalue weighted by Gasteiger charge is -2.35. The Balaban J connectivity index is 1.73. The number of carbonyl (C=O) groups excluding carboxylic acids is 1. The molecule has 184 valence electrons. The number of carbonyl (C=O) groups is 1. The number of amides is 2.